The summed E-state index contributed by atoms with van der Waals surface area (Å²) in [5.41, 5.74) is 3.11. The summed E-state index contributed by atoms with van der Waals surface area (Å²) in [6.45, 7) is 0. The molecule has 0 saturated carbocycles. The second-order valence-corrected chi connectivity index (χ2v) is 3.85. The summed E-state index contributed by atoms with van der Waals surface area (Å²) >= 11 is 0. The molecule has 3 heterocycles. The molecule has 4 rings (SSSR count). The van der Waals surface area contributed by atoms with Gasteiger partial charge in [-0.05, 0) is 18.2 Å². The van der Waals surface area contributed by atoms with Gasteiger partial charge in [0.15, 0.2) is 0 Å². The van der Waals surface area contributed by atoms with Crippen LogP contribution in [0, 0.1) is 0 Å². The van der Waals surface area contributed by atoms with E-state index in [0.717, 1.165) is 16.9 Å². The Kier molecular flexibility index (Phi) is 2.75. The number of aromatic nitrogens is 4. The standard InChI is InChI=1S/C9H7N.C5H5N3/c1-2-6-9-8(4-1)5-3-7-10-9;1-2-6-5-3-7-8-4(1)5/h1-7H;1-3,7-8H. The molecular weight excluding hydrogens is 224 g/mol. The zero-order valence-corrected chi connectivity index (χ0v) is 9.67. The monoisotopic (exact) mass is 236 g/mol. The number of aromatic amines is 2. The molecule has 4 heteroatoms. The second-order valence-electron chi connectivity index (χ2n) is 3.85. The fourth-order valence-electron chi connectivity index (χ4n) is 1.77. The fourth-order valence-corrected chi connectivity index (χ4v) is 1.77. The average molecular weight is 236 g/mol. The number of nitrogens with zero attached hydrogens (tertiary/aromatic N) is 2. The minimum atomic E-state index is 0.991. The van der Waals surface area contributed by atoms with Crippen molar-refractivity contribution >= 4 is 10.9 Å². The van der Waals surface area contributed by atoms with Crippen molar-refractivity contribution in [3.8, 4) is 11.4 Å². The summed E-state index contributed by atoms with van der Waals surface area (Å²) in [6, 6.07) is 14.0. The first-order chi connectivity index (χ1) is 8.93. The van der Waals surface area contributed by atoms with Gasteiger partial charge in [-0.3, -0.25) is 15.1 Å². The SMILES string of the molecule is c1cc2[nH][nH]cc-2n1.c1ccc2ncccc2c1. The molecule has 0 saturated heterocycles. The van der Waals surface area contributed by atoms with Crippen LogP contribution in [0.2, 0.25) is 0 Å². The molecule has 0 spiro atoms. The Morgan fingerprint density at radius 2 is 1.72 bits per heavy atom. The fraction of sp³-hybridized carbons (Fsp3) is 0. The van der Waals surface area contributed by atoms with Gasteiger partial charge >= 0.3 is 0 Å². The number of para-hydroxylation sites is 1. The second kappa shape index (κ2) is 4.71. The van der Waals surface area contributed by atoms with Gasteiger partial charge in [0, 0.05) is 24.0 Å². The largest absolute Gasteiger partial charge is 0.306 e. The van der Waals surface area contributed by atoms with Crippen molar-refractivity contribution in [3.63, 3.8) is 0 Å². The molecule has 0 amide bonds. The maximum atomic E-state index is 4.18. The highest BCUT2D eigenvalue weighted by Gasteiger charge is 2.00. The van der Waals surface area contributed by atoms with Crippen LogP contribution >= 0.6 is 0 Å². The molecule has 2 aliphatic rings. The summed E-state index contributed by atoms with van der Waals surface area (Å²) in [5.74, 6) is 0. The molecule has 0 bridgehead atoms. The Morgan fingerprint density at radius 1 is 0.833 bits per heavy atom. The molecule has 2 aliphatic heterocycles. The number of fused-ring (bicyclic) bond motifs is 2. The highest BCUT2D eigenvalue weighted by Crippen LogP contribution is 2.13. The Morgan fingerprint density at radius 3 is 2.61 bits per heavy atom. The lowest BCUT2D eigenvalue weighted by Gasteiger charge is -1.91. The molecule has 1 aromatic heterocycles. The van der Waals surface area contributed by atoms with Crippen molar-refractivity contribution in [2.75, 3.05) is 0 Å². The maximum absolute atomic E-state index is 4.18. The third-order valence-electron chi connectivity index (χ3n) is 2.66. The van der Waals surface area contributed by atoms with Crippen LogP contribution in [0.1, 0.15) is 0 Å². The van der Waals surface area contributed by atoms with Crippen LogP contribution in [0.4, 0.5) is 0 Å². The van der Waals surface area contributed by atoms with Gasteiger partial charge in [-0.25, -0.2) is 0 Å². The van der Waals surface area contributed by atoms with Gasteiger partial charge in [-0.2, -0.15) is 0 Å². The van der Waals surface area contributed by atoms with Crippen molar-refractivity contribution < 1.29 is 0 Å². The topological polar surface area (TPSA) is 57.4 Å². The zero-order chi connectivity index (χ0) is 12.2. The van der Waals surface area contributed by atoms with Crippen molar-refractivity contribution in [2.45, 2.75) is 0 Å². The molecule has 0 unspecified atom stereocenters. The number of H-pyrrole nitrogens is 2. The Labute approximate surface area is 104 Å². The summed E-state index contributed by atoms with van der Waals surface area (Å²) in [6.07, 6.45) is 5.41. The maximum Gasteiger partial charge on any atom is 0.105 e. The van der Waals surface area contributed by atoms with E-state index in [2.05, 4.69) is 32.3 Å². The van der Waals surface area contributed by atoms with Gasteiger partial charge in [0.2, 0.25) is 0 Å². The zero-order valence-electron chi connectivity index (χ0n) is 9.67. The van der Waals surface area contributed by atoms with Gasteiger partial charge in [0.1, 0.15) is 5.69 Å². The predicted molar refractivity (Wildman–Crippen MR) is 71.3 cm³/mol. The van der Waals surface area contributed by atoms with Crippen LogP contribution in [0.15, 0.2) is 61.1 Å². The molecule has 1 aromatic carbocycles. The first-order valence-electron chi connectivity index (χ1n) is 5.70. The van der Waals surface area contributed by atoms with E-state index in [4.69, 9.17) is 0 Å². The van der Waals surface area contributed by atoms with Crippen molar-refractivity contribution in [1.82, 2.24) is 20.2 Å². The first kappa shape index (κ1) is 10.5. The Bertz CT molecular complexity index is 600. The van der Waals surface area contributed by atoms with E-state index < -0.39 is 0 Å². The van der Waals surface area contributed by atoms with E-state index in [-0.39, 0.29) is 0 Å². The number of benzene rings is 1. The van der Waals surface area contributed by atoms with Gasteiger partial charge < -0.3 is 5.10 Å². The minimum Gasteiger partial charge on any atom is -0.306 e. The van der Waals surface area contributed by atoms with E-state index >= 15 is 0 Å². The van der Waals surface area contributed by atoms with Gasteiger partial charge in [0.05, 0.1) is 11.2 Å². The highest BCUT2D eigenvalue weighted by atomic mass is 15.1. The first-order valence-corrected chi connectivity index (χ1v) is 5.70. The molecule has 0 aliphatic carbocycles. The van der Waals surface area contributed by atoms with E-state index in [1.54, 1.807) is 6.20 Å². The van der Waals surface area contributed by atoms with Crippen LogP contribution in [0.3, 0.4) is 0 Å². The number of nitrogens with one attached hydrogen (secondary N) is 2. The van der Waals surface area contributed by atoms with Gasteiger partial charge in [-0.15, -0.1) is 0 Å². The van der Waals surface area contributed by atoms with E-state index in [0.29, 0.717) is 0 Å². The summed E-state index contributed by atoms with van der Waals surface area (Å²) in [5, 5.41) is 6.94. The molecule has 0 atom stereocenters. The van der Waals surface area contributed by atoms with Crippen LogP contribution in [0.5, 0.6) is 0 Å². The molecule has 0 fully saturated rings. The summed E-state index contributed by atoms with van der Waals surface area (Å²) < 4.78 is 0. The molecule has 2 aromatic rings. The van der Waals surface area contributed by atoms with Crippen LogP contribution in [0.25, 0.3) is 22.3 Å². The van der Waals surface area contributed by atoms with Crippen LogP contribution < -0.4 is 0 Å². The molecule has 2 N–H and O–H groups in total. The van der Waals surface area contributed by atoms with Crippen molar-refractivity contribution in [2.24, 2.45) is 0 Å². The summed E-state index contributed by atoms with van der Waals surface area (Å²) in [7, 11) is 0. The van der Waals surface area contributed by atoms with Gasteiger partial charge in [-0.1, -0.05) is 24.3 Å². The number of hydrogen-bond donors (Lipinski definition) is 2. The third-order valence-corrected chi connectivity index (χ3v) is 2.66. The summed E-state index contributed by atoms with van der Waals surface area (Å²) in [4.78, 5) is 8.20. The Balaban J connectivity index is 0.000000114. The number of hydrogen-bond acceptors (Lipinski definition) is 2. The lowest BCUT2D eigenvalue weighted by atomic mass is 10.2. The van der Waals surface area contributed by atoms with Crippen molar-refractivity contribution in [1.29, 1.82) is 0 Å². The quantitative estimate of drug-likeness (QED) is 0.493. The molecular formula is C14H12N4. The van der Waals surface area contributed by atoms with E-state index in [9.17, 15) is 0 Å². The van der Waals surface area contributed by atoms with Crippen molar-refractivity contribution in [3.05, 3.63) is 61.1 Å². The van der Waals surface area contributed by atoms with Crippen LogP contribution in [-0.4, -0.2) is 20.2 Å². The predicted octanol–water partition coefficient (Wildman–Crippen LogP) is 3.08. The third kappa shape index (κ3) is 2.08. The molecule has 0 radical (unpaired) electrons. The smallest absolute Gasteiger partial charge is 0.105 e. The van der Waals surface area contributed by atoms with Crippen LogP contribution in [-0.2, 0) is 0 Å². The minimum absolute atomic E-state index is 0.991. The Hall–Kier alpha value is -2.62. The normalized spacial score (nSPS) is 10.2. The van der Waals surface area contributed by atoms with Gasteiger partial charge in [0.25, 0.3) is 0 Å². The lowest BCUT2D eigenvalue weighted by Crippen LogP contribution is -1.73. The lowest BCUT2D eigenvalue weighted by molar-refractivity contribution is 1.10. The molecule has 88 valence electrons. The molecule has 4 nitrogen and oxygen atoms in total. The average Bonchev–Trinajstić information content (AvgIpc) is 3.03. The van der Waals surface area contributed by atoms with E-state index in [1.165, 1.54) is 5.39 Å². The number of pyridine rings is 1. The van der Waals surface area contributed by atoms with E-state index in [1.807, 2.05) is 42.7 Å². The highest BCUT2D eigenvalue weighted by molar-refractivity contribution is 5.77. The number of rotatable bonds is 0. The molecule has 18 heavy (non-hydrogen) atoms.